The normalized spacial score (nSPS) is 10.1. The zero-order chi connectivity index (χ0) is 11.4. The van der Waals surface area contributed by atoms with Crippen molar-refractivity contribution in [3.8, 4) is 5.75 Å². The average Bonchev–Trinajstić information content (AvgIpc) is 2.75. The number of anilines is 1. The number of nitrogens with zero attached hydrogens (tertiary/aromatic N) is 2. The van der Waals surface area contributed by atoms with Gasteiger partial charge in [0.2, 0.25) is 0 Å². The number of hydrogen-bond acceptors (Lipinski definition) is 5. The van der Waals surface area contributed by atoms with E-state index < -0.39 is 0 Å². The van der Waals surface area contributed by atoms with Crippen LogP contribution in [0.25, 0.3) is 0 Å². The van der Waals surface area contributed by atoms with Crippen molar-refractivity contribution in [2.45, 2.75) is 6.61 Å². The molecule has 0 bridgehead atoms. The molecule has 0 saturated heterocycles. The first kappa shape index (κ1) is 11.3. The highest BCUT2D eigenvalue weighted by atomic mass is 79.9. The molecular formula is C10H10BrN3OS. The fourth-order valence-electron chi connectivity index (χ4n) is 1.20. The van der Waals surface area contributed by atoms with Gasteiger partial charge in [-0.15, -0.1) is 5.10 Å². The Hall–Kier alpha value is -1.14. The van der Waals surface area contributed by atoms with Crippen LogP contribution in [0.15, 0.2) is 28.7 Å². The zero-order valence-electron chi connectivity index (χ0n) is 8.61. The minimum atomic E-state index is 0.412. The Morgan fingerprint density at radius 3 is 3.00 bits per heavy atom. The summed E-state index contributed by atoms with van der Waals surface area (Å²) in [6.07, 6.45) is 0. The Balaban J connectivity index is 2.05. The van der Waals surface area contributed by atoms with E-state index in [1.807, 2.05) is 31.3 Å². The van der Waals surface area contributed by atoms with E-state index in [1.54, 1.807) is 0 Å². The highest BCUT2D eigenvalue weighted by Crippen LogP contribution is 2.26. The molecule has 1 heterocycles. The van der Waals surface area contributed by atoms with Crippen LogP contribution in [0, 0.1) is 0 Å². The van der Waals surface area contributed by atoms with Crippen LogP contribution in [0.5, 0.6) is 5.75 Å². The molecule has 2 rings (SSSR count). The predicted molar refractivity (Wildman–Crippen MR) is 67.9 cm³/mol. The summed E-state index contributed by atoms with van der Waals surface area (Å²) in [5.74, 6) is 0.803. The molecule has 0 aliphatic carbocycles. The molecule has 4 nitrogen and oxygen atoms in total. The summed E-state index contributed by atoms with van der Waals surface area (Å²) in [4.78, 5) is 0. The van der Waals surface area contributed by atoms with Crippen LogP contribution in [0.2, 0.25) is 0 Å². The van der Waals surface area contributed by atoms with Crippen molar-refractivity contribution in [1.29, 1.82) is 0 Å². The molecule has 0 atom stereocenters. The molecule has 1 aromatic heterocycles. The minimum absolute atomic E-state index is 0.412. The predicted octanol–water partition coefficient (Wildman–Crippen LogP) is 2.92. The Morgan fingerprint density at radius 1 is 1.44 bits per heavy atom. The number of benzene rings is 1. The van der Waals surface area contributed by atoms with Gasteiger partial charge in [-0.05, 0) is 28.1 Å². The fraction of sp³-hybridized carbons (Fsp3) is 0.200. The van der Waals surface area contributed by atoms with Gasteiger partial charge in [0.05, 0.1) is 4.47 Å². The Morgan fingerprint density at radius 2 is 2.25 bits per heavy atom. The number of halogens is 1. The largest absolute Gasteiger partial charge is 0.486 e. The Labute approximate surface area is 106 Å². The molecule has 0 unspecified atom stereocenters. The third-order valence-electron chi connectivity index (χ3n) is 1.98. The average molecular weight is 300 g/mol. The van der Waals surface area contributed by atoms with Gasteiger partial charge in [0.1, 0.15) is 23.1 Å². The number of ether oxygens (including phenoxy) is 1. The monoisotopic (exact) mass is 299 g/mol. The first-order valence-corrected chi connectivity index (χ1v) is 6.24. The van der Waals surface area contributed by atoms with Crippen molar-refractivity contribution < 1.29 is 4.74 Å². The topological polar surface area (TPSA) is 47.0 Å². The van der Waals surface area contributed by atoms with Gasteiger partial charge in [-0.25, -0.2) is 0 Å². The van der Waals surface area contributed by atoms with Crippen molar-refractivity contribution in [1.82, 2.24) is 9.59 Å². The second kappa shape index (κ2) is 5.27. The van der Waals surface area contributed by atoms with E-state index in [2.05, 4.69) is 30.8 Å². The van der Waals surface area contributed by atoms with E-state index in [0.29, 0.717) is 6.61 Å². The molecule has 0 fully saturated rings. The molecule has 1 aromatic carbocycles. The highest BCUT2D eigenvalue weighted by Gasteiger charge is 2.07. The summed E-state index contributed by atoms with van der Waals surface area (Å²) in [6.45, 7) is 0.412. The lowest BCUT2D eigenvalue weighted by molar-refractivity contribution is 0.300. The van der Waals surface area contributed by atoms with Crippen LogP contribution >= 0.6 is 27.5 Å². The molecule has 2 aromatic rings. The number of aromatic nitrogens is 2. The van der Waals surface area contributed by atoms with Crippen molar-refractivity contribution in [2.75, 3.05) is 12.4 Å². The van der Waals surface area contributed by atoms with Gasteiger partial charge in [0, 0.05) is 18.6 Å². The van der Waals surface area contributed by atoms with Gasteiger partial charge < -0.3 is 10.1 Å². The summed E-state index contributed by atoms with van der Waals surface area (Å²) in [5, 5.41) is 7.96. The maximum Gasteiger partial charge on any atom is 0.136 e. The standard InChI is InChI=1S/C10H10BrN3OS/c1-12-10-8(13-14-16-10)6-15-9-5-3-2-4-7(9)11/h2-5,12H,6H2,1H3. The summed E-state index contributed by atoms with van der Waals surface area (Å²) >= 11 is 4.75. The molecule has 0 spiro atoms. The molecule has 1 N–H and O–H groups in total. The molecule has 84 valence electrons. The number of nitrogens with one attached hydrogen (secondary N) is 1. The van der Waals surface area contributed by atoms with Crippen LogP contribution in [0.3, 0.4) is 0 Å². The van der Waals surface area contributed by atoms with E-state index in [0.717, 1.165) is 20.9 Å². The second-order valence-corrected chi connectivity index (χ2v) is 4.63. The quantitative estimate of drug-likeness (QED) is 0.943. The third-order valence-corrected chi connectivity index (χ3v) is 3.42. The Bertz CT molecular complexity index is 475. The second-order valence-electron chi connectivity index (χ2n) is 3.02. The van der Waals surface area contributed by atoms with Crippen LogP contribution in [0.1, 0.15) is 5.69 Å². The molecule has 0 aliphatic heterocycles. The van der Waals surface area contributed by atoms with Crippen molar-refractivity contribution in [3.05, 3.63) is 34.4 Å². The van der Waals surface area contributed by atoms with Crippen LogP contribution < -0.4 is 10.1 Å². The zero-order valence-corrected chi connectivity index (χ0v) is 11.0. The van der Waals surface area contributed by atoms with Gasteiger partial charge in [0.25, 0.3) is 0 Å². The van der Waals surface area contributed by atoms with Crippen molar-refractivity contribution in [2.24, 2.45) is 0 Å². The van der Waals surface area contributed by atoms with Crippen molar-refractivity contribution >= 4 is 32.5 Å². The van der Waals surface area contributed by atoms with Gasteiger partial charge >= 0.3 is 0 Å². The van der Waals surface area contributed by atoms with E-state index in [1.165, 1.54) is 11.5 Å². The molecule has 0 aliphatic rings. The van der Waals surface area contributed by atoms with E-state index in [-0.39, 0.29) is 0 Å². The molecule has 0 radical (unpaired) electrons. The van der Waals surface area contributed by atoms with Gasteiger partial charge in [-0.3, -0.25) is 0 Å². The highest BCUT2D eigenvalue weighted by molar-refractivity contribution is 9.10. The summed E-state index contributed by atoms with van der Waals surface area (Å²) in [5.41, 5.74) is 0.822. The van der Waals surface area contributed by atoms with Crippen LogP contribution in [-0.4, -0.2) is 16.6 Å². The maximum absolute atomic E-state index is 5.64. The first-order valence-electron chi connectivity index (χ1n) is 4.67. The molecule has 6 heteroatoms. The summed E-state index contributed by atoms with van der Waals surface area (Å²) < 4.78 is 10.4. The van der Waals surface area contributed by atoms with Gasteiger partial charge in [-0.1, -0.05) is 16.6 Å². The Kier molecular flexibility index (Phi) is 3.74. The van der Waals surface area contributed by atoms with Crippen LogP contribution in [-0.2, 0) is 6.61 Å². The lowest BCUT2D eigenvalue weighted by Gasteiger charge is -2.06. The molecule has 16 heavy (non-hydrogen) atoms. The SMILES string of the molecule is CNc1snnc1COc1ccccc1Br. The lowest BCUT2D eigenvalue weighted by atomic mass is 10.3. The van der Waals surface area contributed by atoms with Crippen LogP contribution in [0.4, 0.5) is 5.00 Å². The molecule has 0 saturated carbocycles. The maximum atomic E-state index is 5.64. The summed E-state index contributed by atoms with van der Waals surface area (Å²) in [7, 11) is 1.84. The van der Waals surface area contributed by atoms with E-state index in [9.17, 15) is 0 Å². The lowest BCUT2D eigenvalue weighted by Crippen LogP contribution is -1.99. The third kappa shape index (κ3) is 2.51. The van der Waals surface area contributed by atoms with E-state index >= 15 is 0 Å². The number of para-hydroxylation sites is 1. The van der Waals surface area contributed by atoms with Crippen molar-refractivity contribution in [3.63, 3.8) is 0 Å². The smallest absolute Gasteiger partial charge is 0.136 e. The van der Waals surface area contributed by atoms with Gasteiger partial charge in [0.15, 0.2) is 0 Å². The summed E-state index contributed by atoms with van der Waals surface area (Å²) in [6, 6.07) is 7.72. The molecule has 0 amide bonds. The number of rotatable bonds is 4. The fourth-order valence-corrected chi connectivity index (χ4v) is 2.12. The minimum Gasteiger partial charge on any atom is -0.486 e. The van der Waals surface area contributed by atoms with E-state index in [4.69, 9.17) is 4.74 Å². The first-order chi connectivity index (χ1) is 7.81. The van der Waals surface area contributed by atoms with Gasteiger partial charge in [-0.2, -0.15) is 0 Å². The molecular weight excluding hydrogens is 290 g/mol. The number of hydrogen-bond donors (Lipinski definition) is 1.